The van der Waals surface area contributed by atoms with Crippen LogP contribution in [0.25, 0.3) is 0 Å². The highest BCUT2D eigenvalue weighted by Crippen LogP contribution is 2.39. The van der Waals surface area contributed by atoms with Gasteiger partial charge in [0.15, 0.2) is 0 Å². The second kappa shape index (κ2) is 6.02. The minimum absolute atomic E-state index is 0.0940. The highest BCUT2D eigenvalue weighted by molar-refractivity contribution is 6.09. The first-order chi connectivity index (χ1) is 11.3. The predicted molar refractivity (Wildman–Crippen MR) is 88.9 cm³/mol. The minimum Gasteiger partial charge on any atom is -0.348 e. The van der Waals surface area contributed by atoms with E-state index in [9.17, 15) is 14.4 Å². The van der Waals surface area contributed by atoms with Crippen LogP contribution in [0.1, 0.15) is 52.4 Å². The summed E-state index contributed by atoms with van der Waals surface area (Å²) in [6.07, 6.45) is 5.67. The van der Waals surface area contributed by atoms with Gasteiger partial charge in [0.2, 0.25) is 5.91 Å². The number of urea groups is 1. The van der Waals surface area contributed by atoms with Crippen molar-refractivity contribution in [2.24, 2.45) is 17.6 Å². The topological polar surface area (TPSA) is 105 Å². The van der Waals surface area contributed by atoms with Gasteiger partial charge < -0.3 is 16.4 Å². The van der Waals surface area contributed by atoms with E-state index in [1.54, 1.807) is 0 Å². The van der Waals surface area contributed by atoms with E-state index in [4.69, 9.17) is 5.73 Å². The largest absolute Gasteiger partial charge is 0.348 e. The lowest BCUT2D eigenvalue weighted by atomic mass is 9.73. The van der Waals surface area contributed by atoms with Crippen molar-refractivity contribution in [2.75, 3.05) is 13.1 Å². The third-order valence-corrected chi connectivity index (χ3v) is 6.13. The first kappa shape index (κ1) is 17.2. The minimum atomic E-state index is -0.816. The summed E-state index contributed by atoms with van der Waals surface area (Å²) in [4.78, 5) is 38.6. The Kier molecular flexibility index (Phi) is 4.32. The van der Waals surface area contributed by atoms with Gasteiger partial charge in [0.1, 0.15) is 12.1 Å². The maximum Gasteiger partial charge on any atom is 0.325 e. The fourth-order valence-corrected chi connectivity index (χ4v) is 4.18. The van der Waals surface area contributed by atoms with Crippen LogP contribution in [0.3, 0.4) is 0 Å². The van der Waals surface area contributed by atoms with E-state index in [1.807, 2.05) is 13.8 Å². The molecule has 3 atom stereocenters. The van der Waals surface area contributed by atoms with Gasteiger partial charge in [-0.25, -0.2) is 4.79 Å². The molecular formula is C17H28N4O3. The molecule has 1 aliphatic heterocycles. The molecule has 7 heteroatoms. The first-order valence-corrected chi connectivity index (χ1v) is 8.97. The second-order valence-corrected chi connectivity index (χ2v) is 7.88. The highest BCUT2D eigenvalue weighted by Gasteiger charge is 2.55. The number of nitrogens with two attached hydrogens (primary N) is 1. The van der Waals surface area contributed by atoms with Crippen molar-refractivity contribution in [3.05, 3.63) is 0 Å². The molecule has 1 spiro atoms. The Hall–Kier alpha value is -1.63. The van der Waals surface area contributed by atoms with Gasteiger partial charge in [0.25, 0.3) is 5.91 Å². The average molecular weight is 336 g/mol. The Labute approximate surface area is 142 Å². The standard InChI is InChI=1S/C17H28N4O3/c1-11-5-3-4-8-17(11)14(23)21(15(24)20-17)9-13(22)19-16(2,10-18)12-6-7-12/h11-12H,3-10,18H2,1-2H3,(H,19,22)(H,20,24). The fourth-order valence-electron chi connectivity index (χ4n) is 4.18. The summed E-state index contributed by atoms with van der Waals surface area (Å²) in [6.45, 7) is 4.05. The zero-order chi connectivity index (χ0) is 17.5. The molecule has 4 amide bonds. The number of amides is 4. The van der Waals surface area contributed by atoms with E-state index in [0.29, 0.717) is 18.9 Å². The molecule has 134 valence electrons. The SMILES string of the molecule is CC1CCCCC12NC(=O)N(CC(=O)NC(C)(CN)C1CC1)C2=O. The molecule has 3 rings (SSSR count). The smallest absolute Gasteiger partial charge is 0.325 e. The van der Waals surface area contributed by atoms with Crippen molar-refractivity contribution in [2.45, 2.75) is 63.5 Å². The third kappa shape index (κ3) is 2.79. The van der Waals surface area contributed by atoms with Crippen LogP contribution in [0.5, 0.6) is 0 Å². The lowest BCUT2D eigenvalue weighted by Crippen LogP contribution is -2.56. The van der Waals surface area contributed by atoms with Crippen molar-refractivity contribution in [1.82, 2.24) is 15.5 Å². The molecule has 3 aliphatic rings. The Morgan fingerprint density at radius 1 is 1.38 bits per heavy atom. The maximum absolute atomic E-state index is 12.9. The summed E-state index contributed by atoms with van der Waals surface area (Å²) >= 11 is 0. The van der Waals surface area contributed by atoms with Crippen LogP contribution in [-0.2, 0) is 9.59 Å². The quantitative estimate of drug-likeness (QED) is 0.644. The molecule has 4 N–H and O–H groups in total. The average Bonchev–Trinajstić information content (AvgIpc) is 3.36. The summed E-state index contributed by atoms with van der Waals surface area (Å²) in [5.41, 5.74) is 4.55. The molecule has 0 bridgehead atoms. The fraction of sp³-hybridized carbons (Fsp3) is 0.824. The molecule has 2 aliphatic carbocycles. The lowest BCUT2D eigenvalue weighted by Gasteiger charge is -2.36. The van der Waals surface area contributed by atoms with E-state index in [2.05, 4.69) is 10.6 Å². The molecule has 1 saturated heterocycles. The number of hydrogen-bond acceptors (Lipinski definition) is 4. The number of carbonyl (C=O) groups excluding carboxylic acids is 3. The molecule has 1 heterocycles. The Morgan fingerprint density at radius 3 is 2.67 bits per heavy atom. The van der Waals surface area contributed by atoms with Gasteiger partial charge in [-0.05, 0) is 44.4 Å². The number of nitrogens with zero attached hydrogens (tertiary/aromatic N) is 1. The Bertz CT molecular complexity index is 562. The van der Waals surface area contributed by atoms with Crippen molar-refractivity contribution in [1.29, 1.82) is 0 Å². The van der Waals surface area contributed by atoms with Crippen LogP contribution < -0.4 is 16.4 Å². The summed E-state index contributed by atoms with van der Waals surface area (Å²) in [5, 5.41) is 5.81. The van der Waals surface area contributed by atoms with Gasteiger partial charge in [-0.2, -0.15) is 0 Å². The predicted octanol–water partition coefficient (Wildman–Crippen LogP) is 0.731. The highest BCUT2D eigenvalue weighted by atomic mass is 16.2. The number of imide groups is 1. The van der Waals surface area contributed by atoms with E-state index < -0.39 is 17.1 Å². The first-order valence-electron chi connectivity index (χ1n) is 8.97. The molecule has 3 fully saturated rings. The van der Waals surface area contributed by atoms with Gasteiger partial charge in [0, 0.05) is 6.54 Å². The van der Waals surface area contributed by atoms with Gasteiger partial charge >= 0.3 is 6.03 Å². The second-order valence-electron chi connectivity index (χ2n) is 7.88. The van der Waals surface area contributed by atoms with E-state index in [0.717, 1.165) is 37.0 Å². The zero-order valence-electron chi connectivity index (χ0n) is 14.6. The van der Waals surface area contributed by atoms with Gasteiger partial charge in [-0.1, -0.05) is 19.8 Å². The van der Waals surface area contributed by atoms with Crippen LogP contribution in [0.15, 0.2) is 0 Å². The zero-order valence-corrected chi connectivity index (χ0v) is 14.6. The van der Waals surface area contributed by atoms with Crippen LogP contribution in [0.4, 0.5) is 4.79 Å². The van der Waals surface area contributed by atoms with Crippen molar-refractivity contribution < 1.29 is 14.4 Å². The molecule has 0 aromatic carbocycles. The van der Waals surface area contributed by atoms with Crippen molar-refractivity contribution in [3.63, 3.8) is 0 Å². The monoisotopic (exact) mass is 336 g/mol. The van der Waals surface area contributed by atoms with Crippen molar-refractivity contribution >= 4 is 17.8 Å². The maximum atomic E-state index is 12.9. The Balaban J connectivity index is 1.67. The lowest BCUT2D eigenvalue weighted by molar-refractivity contribution is -0.137. The number of carbonyl (C=O) groups is 3. The molecule has 0 aromatic heterocycles. The van der Waals surface area contributed by atoms with Crippen LogP contribution in [0.2, 0.25) is 0 Å². The summed E-state index contributed by atoms with van der Waals surface area (Å²) in [6, 6.07) is -0.454. The molecule has 7 nitrogen and oxygen atoms in total. The normalized spacial score (nSPS) is 32.6. The number of hydrogen-bond donors (Lipinski definition) is 3. The molecule has 24 heavy (non-hydrogen) atoms. The van der Waals surface area contributed by atoms with Crippen molar-refractivity contribution in [3.8, 4) is 0 Å². The van der Waals surface area contributed by atoms with Crippen LogP contribution in [-0.4, -0.2) is 46.9 Å². The summed E-state index contributed by atoms with van der Waals surface area (Å²) < 4.78 is 0. The number of nitrogens with one attached hydrogen (secondary N) is 2. The van der Waals surface area contributed by atoms with E-state index in [-0.39, 0.29) is 24.3 Å². The molecule has 0 radical (unpaired) electrons. The van der Waals surface area contributed by atoms with E-state index in [1.165, 1.54) is 0 Å². The number of rotatable bonds is 5. The van der Waals surface area contributed by atoms with Gasteiger partial charge in [-0.15, -0.1) is 0 Å². The Morgan fingerprint density at radius 2 is 2.08 bits per heavy atom. The van der Waals surface area contributed by atoms with E-state index >= 15 is 0 Å². The molecular weight excluding hydrogens is 308 g/mol. The van der Waals surface area contributed by atoms with Crippen LogP contribution >= 0.6 is 0 Å². The van der Waals surface area contributed by atoms with Gasteiger partial charge in [0.05, 0.1) is 5.54 Å². The van der Waals surface area contributed by atoms with Crippen LogP contribution in [0, 0.1) is 11.8 Å². The molecule has 0 aromatic rings. The third-order valence-electron chi connectivity index (χ3n) is 6.13. The summed E-state index contributed by atoms with van der Waals surface area (Å²) in [7, 11) is 0. The molecule has 2 saturated carbocycles. The summed E-state index contributed by atoms with van der Waals surface area (Å²) in [5.74, 6) is -0.0922. The van der Waals surface area contributed by atoms with Gasteiger partial charge in [-0.3, -0.25) is 14.5 Å². The molecule has 3 unspecified atom stereocenters.